The third-order valence-electron chi connectivity index (χ3n) is 2.00. The Balaban J connectivity index is 3.21. The molecule has 0 aliphatic heterocycles. The summed E-state index contributed by atoms with van der Waals surface area (Å²) in [7, 11) is 0. The molecule has 0 saturated heterocycles. The molecule has 0 radical (unpaired) electrons. The van der Waals surface area contributed by atoms with Gasteiger partial charge in [-0.05, 0) is 30.2 Å². The van der Waals surface area contributed by atoms with Crippen LogP contribution in [-0.4, -0.2) is 4.92 Å². The lowest BCUT2D eigenvalue weighted by Gasteiger charge is -1.99. The second kappa shape index (κ2) is 4.72. The summed E-state index contributed by atoms with van der Waals surface area (Å²) in [6.07, 6.45) is 1.40. The van der Waals surface area contributed by atoms with Gasteiger partial charge in [-0.1, -0.05) is 0 Å². The zero-order valence-corrected chi connectivity index (χ0v) is 8.47. The predicted octanol–water partition coefficient (Wildman–Crippen LogP) is 2.33. The third kappa shape index (κ3) is 2.43. The summed E-state index contributed by atoms with van der Waals surface area (Å²) in [5, 5.41) is 27.6. The number of hydrogen-bond acceptors (Lipinski definition) is 4. The maximum absolute atomic E-state index is 10.5. The lowest BCUT2D eigenvalue weighted by atomic mass is 10.1. The first-order valence-corrected chi connectivity index (χ1v) is 4.35. The second-order valence-electron chi connectivity index (χ2n) is 3.08. The maximum Gasteiger partial charge on any atom is 0.269 e. The monoisotopic (exact) mass is 213 g/mol. The maximum atomic E-state index is 10.5. The van der Waals surface area contributed by atoms with Crippen molar-refractivity contribution >= 4 is 11.8 Å². The lowest BCUT2D eigenvalue weighted by molar-refractivity contribution is -0.384. The number of hydrogen-bond donors (Lipinski definition) is 0. The van der Waals surface area contributed by atoms with Crippen molar-refractivity contribution in [3.05, 3.63) is 45.0 Å². The number of nitrogens with zero attached hydrogens (tertiary/aromatic N) is 3. The Labute approximate surface area is 92.0 Å². The Kier molecular flexibility index (Phi) is 3.37. The highest BCUT2D eigenvalue weighted by atomic mass is 16.6. The van der Waals surface area contributed by atoms with Gasteiger partial charge in [0.15, 0.2) is 0 Å². The van der Waals surface area contributed by atoms with E-state index in [9.17, 15) is 10.1 Å². The topological polar surface area (TPSA) is 90.7 Å². The van der Waals surface area contributed by atoms with E-state index < -0.39 is 4.92 Å². The molecule has 1 rings (SSSR count). The van der Waals surface area contributed by atoms with Crippen LogP contribution in [0.4, 0.5) is 5.69 Å². The number of nitriles is 2. The zero-order valence-electron chi connectivity index (χ0n) is 8.47. The summed E-state index contributed by atoms with van der Waals surface area (Å²) in [5.41, 5.74) is 1.24. The normalized spacial score (nSPS) is 8.69. The fourth-order valence-electron chi connectivity index (χ4n) is 1.18. The first-order chi connectivity index (χ1) is 7.58. The van der Waals surface area contributed by atoms with Crippen molar-refractivity contribution < 1.29 is 4.92 Å². The Morgan fingerprint density at radius 2 is 2.06 bits per heavy atom. The van der Waals surface area contributed by atoms with E-state index in [1.165, 1.54) is 24.3 Å². The van der Waals surface area contributed by atoms with Crippen LogP contribution in [0, 0.1) is 39.7 Å². The summed E-state index contributed by atoms with van der Waals surface area (Å²) >= 11 is 0. The number of rotatable bonds is 2. The van der Waals surface area contributed by atoms with Gasteiger partial charge in [-0.15, -0.1) is 0 Å². The van der Waals surface area contributed by atoms with E-state index in [-0.39, 0.29) is 11.3 Å². The van der Waals surface area contributed by atoms with E-state index >= 15 is 0 Å². The van der Waals surface area contributed by atoms with Gasteiger partial charge in [-0.2, -0.15) is 10.5 Å². The highest BCUT2D eigenvalue weighted by Gasteiger charge is 2.07. The van der Waals surface area contributed by atoms with Crippen LogP contribution in [0.3, 0.4) is 0 Å². The minimum Gasteiger partial charge on any atom is -0.258 e. The Hall–Kier alpha value is -2.66. The first kappa shape index (κ1) is 11.4. The van der Waals surface area contributed by atoms with Gasteiger partial charge >= 0.3 is 0 Å². The summed E-state index contributed by atoms with van der Waals surface area (Å²) in [4.78, 5) is 9.99. The van der Waals surface area contributed by atoms with E-state index in [1.54, 1.807) is 19.1 Å². The van der Waals surface area contributed by atoms with Gasteiger partial charge in [0, 0.05) is 12.1 Å². The number of benzene rings is 1. The van der Waals surface area contributed by atoms with Gasteiger partial charge in [0.25, 0.3) is 5.69 Å². The average molecular weight is 213 g/mol. The fourth-order valence-corrected chi connectivity index (χ4v) is 1.18. The number of allylic oxidation sites excluding steroid dienone is 1. The van der Waals surface area contributed by atoms with Crippen molar-refractivity contribution in [2.45, 2.75) is 6.92 Å². The Bertz CT molecular complexity index is 531. The van der Waals surface area contributed by atoms with Crippen LogP contribution < -0.4 is 0 Å². The molecular formula is C11H7N3O2. The quantitative estimate of drug-likeness (QED) is 0.428. The summed E-state index contributed by atoms with van der Waals surface area (Å²) in [5.74, 6) is 0. The molecule has 0 N–H and O–H groups in total. The van der Waals surface area contributed by atoms with Crippen molar-refractivity contribution in [1.29, 1.82) is 10.5 Å². The molecule has 0 bridgehead atoms. The Morgan fingerprint density at radius 3 is 2.50 bits per heavy atom. The first-order valence-electron chi connectivity index (χ1n) is 4.35. The molecule has 0 saturated carbocycles. The molecule has 0 aliphatic rings. The predicted molar refractivity (Wildman–Crippen MR) is 57.0 cm³/mol. The van der Waals surface area contributed by atoms with Crippen LogP contribution in [0.5, 0.6) is 0 Å². The molecule has 1 aromatic carbocycles. The number of aryl methyl sites for hydroxylation is 1. The number of nitro groups is 1. The molecular weight excluding hydrogens is 206 g/mol. The van der Waals surface area contributed by atoms with E-state index in [0.29, 0.717) is 11.1 Å². The molecule has 5 nitrogen and oxygen atoms in total. The fraction of sp³-hybridized carbons (Fsp3) is 0.0909. The number of nitro benzene ring substituents is 1. The highest BCUT2D eigenvalue weighted by Crippen LogP contribution is 2.19. The molecule has 0 aromatic heterocycles. The molecule has 0 amide bonds. The van der Waals surface area contributed by atoms with Crippen molar-refractivity contribution in [2.75, 3.05) is 0 Å². The molecule has 0 atom stereocenters. The molecule has 0 fully saturated rings. The van der Waals surface area contributed by atoms with Crippen LogP contribution in [-0.2, 0) is 0 Å². The molecule has 0 unspecified atom stereocenters. The standard InChI is InChI=1S/C11H7N3O2/c1-8-4-11(14(15)16)3-2-10(8)5-9(6-12)7-13/h2-5H,1H3. The zero-order chi connectivity index (χ0) is 12.1. The largest absolute Gasteiger partial charge is 0.269 e. The molecule has 16 heavy (non-hydrogen) atoms. The van der Waals surface area contributed by atoms with Crippen molar-refractivity contribution in [3.8, 4) is 12.1 Å². The summed E-state index contributed by atoms with van der Waals surface area (Å²) < 4.78 is 0. The van der Waals surface area contributed by atoms with E-state index in [1.807, 2.05) is 0 Å². The van der Waals surface area contributed by atoms with E-state index in [4.69, 9.17) is 10.5 Å². The highest BCUT2D eigenvalue weighted by molar-refractivity contribution is 5.65. The van der Waals surface area contributed by atoms with Gasteiger partial charge in [-0.25, -0.2) is 0 Å². The van der Waals surface area contributed by atoms with Gasteiger partial charge in [0.2, 0.25) is 0 Å². The number of non-ortho nitro benzene ring substituents is 1. The minimum atomic E-state index is -0.490. The van der Waals surface area contributed by atoms with E-state index in [2.05, 4.69) is 0 Å². The molecule has 78 valence electrons. The Morgan fingerprint density at radius 1 is 1.44 bits per heavy atom. The van der Waals surface area contributed by atoms with Crippen molar-refractivity contribution in [1.82, 2.24) is 0 Å². The van der Waals surface area contributed by atoms with Gasteiger partial charge < -0.3 is 0 Å². The van der Waals surface area contributed by atoms with Gasteiger partial charge in [-0.3, -0.25) is 10.1 Å². The summed E-state index contributed by atoms with van der Waals surface area (Å²) in [6.45, 7) is 1.69. The minimum absolute atomic E-state index is 0.00915. The smallest absolute Gasteiger partial charge is 0.258 e. The van der Waals surface area contributed by atoms with Crippen LogP contribution in [0.25, 0.3) is 6.08 Å². The third-order valence-corrected chi connectivity index (χ3v) is 2.00. The van der Waals surface area contributed by atoms with Crippen molar-refractivity contribution in [3.63, 3.8) is 0 Å². The van der Waals surface area contributed by atoms with Crippen LogP contribution in [0.15, 0.2) is 23.8 Å². The summed E-state index contributed by atoms with van der Waals surface area (Å²) in [6, 6.07) is 7.72. The van der Waals surface area contributed by atoms with Gasteiger partial charge in [0.05, 0.1) is 4.92 Å². The van der Waals surface area contributed by atoms with E-state index in [0.717, 1.165) is 0 Å². The van der Waals surface area contributed by atoms with Crippen LogP contribution >= 0.6 is 0 Å². The lowest BCUT2D eigenvalue weighted by Crippen LogP contribution is -1.90. The van der Waals surface area contributed by atoms with Crippen molar-refractivity contribution in [2.24, 2.45) is 0 Å². The molecule has 5 heteroatoms. The molecule has 1 aromatic rings. The molecule has 0 aliphatic carbocycles. The SMILES string of the molecule is Cc1cc([N+](=O)[O-])ccc1C=C(C#N)C#N. The average Bonchev–Trinajstić information content (AvgIpc) is 2.27. The molecule has 0 heterocycles. The van der Waals surface area contributed by atoms with Crippen LogP contribution in [0.1, 0.15) is 11.1 Å². The molecule has 0 spiro atoms. The second-order valence-corrected chi connectivity index (χ2v) is 3.08. The van der Waals surface area contributed by atoms with Gasteiger partial charge in [0.1, 0.15) is 17.7 Å². The van der Waals surface area contributed by atoms with Crippen LogP contribution in [0.2, 0.25) is 0 Å².